The van der Waals surface area contributed by atoms with Crippen LogP contribution in [0.1, 0.15) is 27.0 Å². The monoisotopic (exact) mass is 442 g/mol. The van der Waals surface area contributed by atoms with Gasteiger partial charge in [-0.25, -0.2) is 9.48 Å². The number of para-hydroxylation sites is 1. The number of aryl methyl sites for hydroxylation is 2. The van der Waals surface area contributed by atoms with Gasteiger partial charge in [0.05, 0.1) is 10.6 Å². The molecule has 0 amide bonds. The van der Waals surface area contributed by atoms with Crippen molar-refractivity contribution in [2.45, 2.75) is 13.8 Å². The number of benzene rings is 2. The van der Waals surface area contributed by atoms with Crippen molar-refractivity contribution in [1.29, 1.82) is 0 Å². The summed E-state index contributed by atoms with van der Waals surface area (Å²) in [7, 11) is 0. The molecule has 0 aliphatic heterocycles. The standard InChI is InChI=1S/C26H22N2O3S/c1-18-10-11-19(2)22(15-18)23(29)17-31-25(30)13-12-20-16-28(21-7-4-3-5-8-21)27-26(20)24-9-6-14-32-24/h3-16H,17H2,1-2H3. The zero-order chi connectivity index (χ0) is 22.5. The van der Waals surface area contributed by atoms with Crippen LogP contribution in [0.25, 0.3) is 22.3 Å². The van der Waals surface area contributed by atoms with E-state index in [9.17, 15) is 9.59 Å². The Bertz CT molecular complexity index is 1270. The molecule has 0 saturated heterocycles. The molecule has 2 aromatic carbocycles. The second-order valence-electron chi connectivity index (χ2n) is 7.37. The van der Waals surface area contributed by atoms with Gasteiger partial charge in [0.25, 0.3) is 0 Å². The molecule has 32 heavy (non-hydrogen) atoms. The average molecular weight is 443 g/mol. The van der Waals surface area contributed by atoms with E-state index in [1.165, 1.54) is 6.08 Å². The number of rotatable bonds is 7. The number of ether oxygens (including phenoxy) is 1. The summed E-state index contributed by atoms with van der Waals surface area (Å²) < 4.78 is 6.98. The average Bonchev–Trinajstić information content (AvgIpc) is 3.48. The zero-order valence-corrected chi connectivity index (χ0v) is 18.6. The minimum absolute atomic E-state index is 0.218. The molecule has 2 aromatic heterocycles. The first kappa shape index (κ1) is 21.5. The molecule has 0 atom stereocenters. The first-order valence-corrected chi connectivity index (χ1v) is 11.0. The maximum Gasteiger partial charge on any atom is 0.331 e. The second kappa shape index (κ2) is 9.58. The van der Waals surface area contributed by atoms with E-state index in [1.54, 1.807) is 22.1 Å². The molecule has 0 spiro atoms. The lowest BCUT2D eigenvalue weighted by atomic mass is 10.0. The van der Waals surface area contributed by atoms with Crippen molar-refractivity contribution in [3.63, 3.8) is 0 Å². The molecule has 4 aromatic rings. The predicted octanol–water partition coefficient (Wildman–Crippen LogP) is 5.66. The van der Waals surface area contributed by atoms with Crippen molar-refractivity contribution in [3.8, 4) is 16.3 Å². The highest BCUT2D eigenvalue weighted by Gasteiger charge is 2.14. The second-order valence-corrected chi connectivity index (χ2v) is 8.32. The van der Waals surface area contributed by atoms with Crippen LogP contribution in [0.15, 0.2) is 78.3 Å². The van der Waals surface area contributed by atoms with Gasteiger partial charge in [0.15, 0.2) is 6.61 Å². The number of Topliss-reactive ketones (excluding diaryl/α,β-unsaturated/α-hetero) is 1. The summed E-state index contributed by atoms with van der Waals surface area (Å²) >= 11 is 1.58. The number of carbonyl (C=O) groups excluding carboxylic acids is 2. The predicted molar refractivity (Wildman–Crippen MR) is 127 cm³/mol. The summed E-state index contributed by atoms with van der Waals surface area (Å²) in [5.41, 5.74) is 4.91. The smallest absolute Gasteiger partial charge is 0.331 e. The zero-order valence-electron chi connectivity index (χ0n) is 17.8. The van der Waals surface area contributed by atoms with Crippen molar-refractivity contribution in [2.24, 2.45) is 0 Å². The van der Waals surface area contributed by atoms with Gasteiger partial charge in [-0.05, 0) is 55.1 Å². The van der Waals surface area contributed by atoms with Crippen molar-refractivity contribution < 1.29 is 14.3 Å². The molecule has 4 rings (SSSR count). The lowest BCUT2D eigenvalue weighted by molar-refractivity contribution is -0.136. The van der Waals surface area contributed by atoms with Crippen molar-refractivity contribution in [1.82, 2.24) is 9.78 Å². The minimum Gasteiger partial charge on any atom is -0.454 e. The Labute approximate surface area is 190 Å². The Hall–Kier alpha value is -3.77. The lowest BCUT2D eigenvalue weighted by Gasteiger charge is -2.06. The highest BCUT2D eigenvalue weighted by atomic mass is 32.1. The summed E-state index contributed by atoms with van der Waals surface area (Å²) in [4.78, 5) is 25.7. The Morgan fingerprint density at radius 3 is 2.62 bits per heavy atom. The van der Waals surface area contributed by atoms with Crippen LogP contribution in [-0.2, 0) is 9.53 Å². The minimum atomic E-state index is -0.576. The molecule has 0 N–H and O–H groups in total. The van der Waals surface area contributed by atoms with Crippen LogP contribution in [0.4, 0.5) is 0 Å². The summed E-state index contributed by atoms with van der Waals surface area (Å²) in [6, 6.07) is 19.4. The highest BCUT2D eigenvalue weighted by molar-refractivity contribution is 7.13. The van der Waals surface area contributed by atoms with E-state index >= 15 is 0 Å². The van der Waals surface area contributed by atoms with Gasteiger partial charge >= 0.3 is 5.97 Å². The summed E-state index contributed by atoms with van der Waals surface area (Å²) in [5, 5.41) is 6.69. The molecule has 0 unspecified atom stereocenters. The van der Waals surface area contributed by atoms with Crippen molar-refractivity contribution in [2.75, 3.05) is 6.61 Å². The molecule has 2 heterocycles. The fourth-order valence-electron chi connectivity index (χ4n) is 3.28. The van der Waals surface area contributed by atoms with Crippen LogP contribution in [0.5, 0.6) is 0 Å². The van der Waals surface area contributed by atoms with E-state index in [4.69, 9.17) is 9.84 Å². The largest absolute Gasteiger partial charge is 0.454 e. The van der Waals surface area contributed by atoms with E-state index in [0.717, 1.165) is 32.9 Å². The number of esters is 1. The fourth-order valence-corrected chi connectivity index (χ4v) is 4.01. The molecule has 5 nitrogen and oxygen atoms in total. The Morgan fingerprint density at radius 2 is 1.88 bits per heavy atom. The van der Waals surface area contributed by atoms with Gasteiger partial charge in [-0.3, -0.25) is 4.79 Å². The number of ketones is 1. The van der Waals surface area contributed by atoms with Crippen LogP contribution in [-0.4, -0.2) is 28.1 Å². The number of nitrogens with zero attached hydrogens (tertiary/aromatic N) is 2. The van der Waals surface area contributed by atoms with Gasteiger partial charge in [-0.15, -0.1) is 11.3 Å². The fraction of sp³-hybridized carbons (Fsp3) is 0.115. The normalized spacial score (nSPS) is 11.1. The summed E-state index contributed by atoms with van der Waals surface area (Å²) in [6.07, 6.45) is 4.88. The van der Waals surface area contributed by atoms with Crippen LogP contribution >= 0.6 is 11.3 Å². The van der Waals surface area contributed by atoms with Gasteiger partial charge in [-0.1, -0.05) is 42.0 Å². The number of carbonyl (C=O) groups is 2. The van der Waals surface area contributed by atoms with Gasteiger partial charge in [-0.2, -0.15) is 5.10 Å². The molecular weight excluding hydrogens is 420 g/mol. The molecule has 6 heteroatoms. The molecule has 0 aliphatic rings. The topological polar surface area (TPSA) is 61.2 Å². The molecule has 0 radical (unpaired) electrons. The molecule has 0 fully saturated rings. The number of aromatic nitrogens is 2. The van der Waals surface area contributed by atoms with Gasteiger partial charge in [0.2, 0.25) is 5.78 Å². The maximum absolute atomic E-state index is 12.5. The third kappa shape index (κ3) is 4.92. The first-order valence-electron chi connectivity index (χ1n) is 10.2. The van der Waals surface area contributed by atoms with Crippen LogP contribution in [0.3, 0.4) is 0 Å². The van der Waals surface area contributed by atoms with E-state index in [0.29, 0.717) is 5.56 Å². The third-order valence-corrected chi connectivity index (χ3v) is 5.83. The van der Waals surface area contributed by atoms with Gasteiger partial charge in [0.1, 0.15) is 5.69 Å². The number of hydrogen-bond donors (Lipinski definition) is 0. The molecule has 160 valence electrons. The van der Waals surface area contributed by atoms with Crippen LogP contribution in [0, 0.1) is 13.8 Å². The summed E-state index contributed by atoms with van der Waals surface area (Å²) in [5.74, 6) is -0.794. The lowest BCUT2D eigenvalue weighted by Crippen LogP contribution is -2.13. The van der Waals surface area contributed by atoms with Crippen LogP contribution < -0.4 is 0 Å². The molecule has 0 saturated carbocycles. The van der Waals surface area contributed by atoms with E-state index in [2.05, 4.69) is 0 Å². The Balaban J connectivity index is 1.50. The summed E-state index contributed by atoms with van der Waals surface area (Å²) in [6.45, 7) is 3.49. The number of thiophene rings is 1. The van der Waals surface area contributed by atoms with E-state index in [1.807, 2.05) is 86.1 Å². The van der Waals surface area contributed by atoms with Crippen molar-refractivity contribution >= 4 is 29.2 Å². The van der Waals surface area contributed by atoms with E-state index < -0.39 is 5.97 Å². The SMILES string of the molecule is Cc1ccc(C)c(C(=O)COC(=O)C=Cc2cn(-c3ccccc3)nc2-c2cccs2)c1. The third-order valence-electron chi connectivity index (χ3n) is 4.96. The molecular formula is C26H22N2O3S. The van der Waals surface area contributed by atoms with Crippen molar-refractivity contribution in [3.05, 3.63) is 101 Å². The highest BCUT2D eigenvalue weighted by Crippen LogP contribution is 2.28. The number of hydrogen-bond acceptors (Lipinski definition) is 5. The Kier molecular flexibility index (Phi) is 6.42. The van der Waals surface area contributed by atoms with Crippen LogP contribution in [0.2, 0.25) is 0 Å². The molecule has 0 aliphatic carbocycles. The first-order chi connectivity index (χ1) is 15.5. The quantitative estimate of drug-likeness (QED) is 0.211. The van der Waals surface area contributed by atoms with Gasteiger partial charge < -0.3 is 4.74 Å². The van der Waals surface area contributed by atoms with E-state index in [-0.39, 0.29) is 12.4 Å². The Morgan fingerprint density at radius 1 is 1.06 bits per heavy atom. The van der Waals surface area contributed by atoms with Gasteiger partial charge in [0, 0.05) is 23.4 Å². The maximum atomic E-state index is 12.5. The molecule has 0 bridgehead atoms.